The molecule has 2 fully saturated rings. The first-order chi connectivity index (χ1) is 20.8. The second-order valence-corrected chi connectivity index (χ2v) is 11.6. The summed E-state index contributed by atoms with van der Waals surface area (Å²) in [5, 5.41) is 42.1. The van der Waals surface area contributed by atoms with Crippen molar-refractivity contribution in [2.24, 2.45) is 0 Å². The van der Waals surface area contributed by atoms with Crippen molar-refractivity contribution >= 4 is 47.9 Å². The minimum Gasteiger partial charge on any atom is -0.396 e. The average Bonchev–Trinajstić information content (AvgIpc) is 3.69. The van der Waals surface area contributed by atoms with E-state index in [4.69, 9.17) is 35.7 Å². The molecule has 2 aliphatic rings. The van der Waals surface area contributed by atoms with E-state index in [9.17, 15) is 34.7 Å². The van der Waals surface area contributed by atoms with Crippen molar-refractivity contribution < 1.29 is 48.4 Å². The molecule has 2 saturated heterocycles. The molecule has 6 rings (SSSR count). The van der Waals surface area contributed by atoms with Gasteiger partial charge in [0.15, 0.2) is 35.1 Å². The van der Waals surface area contributed by atoms with Crippen LogP contribution in [0.15, 0.2) is 17.4 Å². The van der Waals surface area contributed by atoms with E-state index in [2.05, 4.69) is 29.9 Å². The Hall–Kier alpha value is -3.83. The number of hydrogen-bond donors (Lipinski definition) is 9. The van der Waals surface area contributed by atoms with Crippen LogP contribution in [-0.2, 0) is 23.1 Å². The molecule has 2 aliphatic heterocycles. The minimum atomic E-state index is -5.11. The molecule has 0 spiro atoms. The molecule has 238 valence electrons. The number of hydrogen-bond acceptors (Lipinski definition) is 18. The lowest BCUT2D eigenvalue weighted by atomic mass is 9.95. The fourth-order valence-electron chi connectivity index (χ4n) is 5.16. The lowest BCUT2D eigenvalue weighted by molar-refractivity contribution is -0.0798. The molecule has 23 heteroatoms. The highest BCUT2D eigenvalue weighted by molar-refractivity contribution is 7.47. The number of nitrogens with zero attached hydrogens (tertiary/aromatic N) is 7. The van der Waals surface area contributed by atoms with Gasteiger partial charge in [0.1, 0.15) is 35.5 Å². The van der Waals surface area contributed by atoms with Crippen LogP contribution < -0.4 is 22.8 Å². The predicted octanol–water partition coefficient (Wildman–Crippen LogP) is -3.53. The Bertz CT molecular complexity index is 1820. The zero-order chi connectivity index (χ0) is 31.6. The third kappa shape index (κ3) is 5.15. The van der Waals surface area contributed by atoms with E-state index >= 15 is 0 Å². The van der Waals surface area contributed by atoms with Crippen LogP contribution in [0.5, 0.6) is 0 Å². The van der Waals surface area contributed by atoms with Crippen LogP contribution in [-0.4, -0.2) is 114 Å². The number of nitrogens with two attached hydrogens (primary N) is 3. The fourth-order valence-corrected chi connectivity index (χ4v) is 6.14. The lowest BCUT2D eigenvalue weighted by Crippen LogP contribution is -2.45. The monoisotopic (exact) mass is 641 g/mol. The van der Waals surface area contributed by atoms with E-state index in [-0.39, 0.29) is 46.5 Å². The third-order valence-corrected chi connectivity index (χ3v) is 8.26. The number of fused-ring (bicyclic) bond motifs is 2. The van der Waals surface area contributed by atoms with Gasteiger partial charge in [0.25, 0.3) is 5.56 Å². The molecular weight excluding hydrogens is 613 g/mol. The number of ether oxygens (including phenoxy) is 2. The smallest absolute Gasteiger partial charge is 0.396 e. The van der Waals surface area contributed by atoms with Crippen molar-refractivity contribution in [1.29, 1.82) is 0 Å². The largest absolute Gasteiger partial charge is 0.472 e. The Balaban J connectivity index is 1.21. The molecule has 4 aromatic rings. The number of anilines is 3. The summed E-state index contributed by atoms with van der Waals surface area (Å²) in [4.78, 5) is 45.1. The van der Waals surface area contributed by atoms with Crippen LogP contribution >= 0.6 is 7.82 Å². The molecule has 4 aromatic heterocycles. The summed E-state index contributed by atoms with van der Waals surface area (Å²) >= 11 is 0. The van der Waals surface area contributed by atoms with Crippen LogP contribution in [0.4, 0.5) is 17.7 Å². The summed E-state index contributed by atoms with van der Waals surface area (Å²) < 4.78 is 37.4. The Labute approximate surface area is 244 Å². The summed E-state index contributed by atoms with van der Waals surface area (Å²) in [7, 11) is -5.11. The van der Waals surface area contributed by atoms with Crippen molar-refractivity contribution in [1.82, 2.24) is 39.0 Å². The minimum absolute atomic E-state index is 0.0253. The summed E-state index contributed by atoms with van der Waals surface area (Å²) in [5.41, 5.74) is 14.5. The molecule has 22 nitrogen and oxygen atoms in total. The van der Waals surface area contributed by atoms with Crippen molar-refractivity contribution in [2.75, 3.05) is 37.0 Å². The van der Waals surface area contributed by atoms with Gasteiger partial charge in [-0.2, -0.15) is 15.0 Å². The zero-order valence-electron chi connectivity index (χ0n) is 22.4. The Kier molecular flexibility index (Phi) is 7.52. The lowest BCUT2D eigenvalue weighted by Gasteiger charge is -2.31. The first-order valence-electron chi connectivity index (χ1n) is 12.9. The number of phosphoric acid groups is 1. The van der Waals surface area contributed by atoms with E-state index in [0.29, 0.717) is 0 Å². The maximum absolute atomic E-state index is 13.2. The van der Waals surface area contributed by atoms with Crippen molar-refractivity contribution in [3.05, 3.63) is 23.0 Å². The molecule has 0 amide bonds. The SMILES string of the molecule is Nc1nc(N)c2ncn([C@@H]3O[C@H](COP(=O)(O)O[C@H]4[C@H](n5cnc6c(=O)[nH]c(N)nc65)OC[C@@]4(O)CCO)[C@@H](O)[C@H]3O)c2n1. The quantitative estimate of drug-likeness (QED) is 0.0799. The highest BCUT2D eigenvalue weighted by Gasteiger charge is 2.54. The van der Waals surface area contributed by atoms with Gasteiger partial charge >= 0.3 is 7.82 Å². The van der Waals surface area contributed by atoms with E-state index < -0.39 is 75.7 Å². The van der Waals surface area contributed by atoms with Gasteiger partial charge in [0, 0.05) is 13.0 Å². The molecule has 0 bridgehead atoms. The van der Waals surface area contributed by atoms with E-state index in [1.165, 1.54) is 15.5 Å². The zero-order valence-corrected chi connectivity index (χ0v) is 23.3. The summed E-state index contributed by atoms with van der Waals surface area (Å²) in [6.07, 6.45) is -6.86. The first kappa shape index (κ1) is 30.2. The van der Waals surface area contributed by atoms with Crippen LogP contribution in [0.3, 0.4) is 0 Å². The normalized spacial score (nSPS) is 30.4. The van der Waals surface area contributed by atoms with Gasteiger partial charge in [-0.05, 0) is 0 Å². The van der Waals surface area contributed by atoms with Gasteiger partial charge in [-0.3, -0.25) is 28.0 Å². The number of nitrogens with one attached hydrogen (secondary N) is 1. The number of rotatable bonds is 9. The molecule has 8 atom stereocenters. The molecule has 12 N–H and O–H groups in total. The van der Waals surface area contributed by atoms with Gasteiger partial charge in [-0.1, -0.05) is 0 Å². The van der Waals surface area contributed by atoms with Crippen LogP contribution in [0.1, 0.15) is 18.9 Å². The summed E-state index contributed by atoms with van der Waals surface area (Å²) in [6.45, 7) is -1.78. The number of aliphatic hydroxyl groups excluding tert-OH is 3. The van der Waals surface area contributed by atoms with E-state index in [1.807, 2.05) is 0 Å². The highest BCUT2D eigenvalue weighted by atomic mass is 31.2. The Morgan fingerprint density at radius 3 is 2.48 bits per heavy atom. The second kappa shape index (κ2) is 11.0. The predicted molar refractivity (Wildman–Crippen MR) is 145 cm³/mol. The molecular formula is C21H28N11O11P. The number of aliphatic hydroxyl groups is 4. The number of nitrogen functional groups attached to an aromatic ring is 3. The molecule has 44 heavy (non-hydrogen) atoms. The van der Waals surface area contributed by atoms with Crippen LogP contribution in [0.2, 0.25) is 0 Å². The molecule has 0 aromatic carbocycles. The van der Waals surface area contributed by atoms with Gasteiger partial charge in [0.2, 0.25) is 11.9 Å². The van der Waals surface area contributed by atoms with E-state index in [0.717, 1.165) is 6.33 Å². The highest BCUT2D eigenvalue weighted by Crippen LogP contribution is 2.51. The first-order valence-corrected chi connectivity index (χ1v) is 14.4. The fraction of sp³-hybridized carbons (Fsp3) is 0.524. The number of aromatic amines is 1. The van der Waals surface area contributed by atoms with Gasteiger partial charge in [-0.15, -0.1) is 0 Å². The number of imidazole rings is 2. The van der Waals surface area contributed by atoms with Crippen LogP contribution in [0, 0.1) is 0 Å². The topological polar surface area (TPSA) is 340 Å². The molecule has 6 heterocycles. The molecule has 0 aliphatic carbocycles. The van der Waals surface area contributed by atoms with Gasteiger partial charge in [0.05, 0.1) is 25.9 Å². The Morgan fingerprint density at radius 2 is 1.75 bits per heavy atom. The van der Waals surface area contributed by atoms with Crippen molar-refractivity contribution in [3.63, 3.8) is 0 Å². The van der Waals surface area contributed by atoms with Crippen molar-refractivity contribution in [2.45, 2.75) is 48.9 Å². The maximum atomic E-state index is 13.2. The number of phosphoric ester groups is 1. The second-order valence-electron chi connectivity index (χ2n) is 10.2. The molecule has 0 radical (unpaired) electrons. The summed E-state index contributed by atoms with van der Waals surface area (Å²) in [5.74, 6) is -0.448. The average molecular weight is 641 g/mol. The Morgan fingerprint density at radius 1 is 1.07 bits per heavy atom. The standard InChI is InChI=1S/C21H28N11O11P/c22-13-8-14(28-19(23)27-13)31(5-25-8)17-11(35)10(34)7(42-17)3-41-44(38,39)43-12-18(40-4-21(12,37)1-2-33)32-6-26-9-15(32)29-20(24)30-16(9)36/h5-7,10-12,17-18,33-35,37H,1-4H2,(H,38,39)(H4,22,23,27,28)(H3,24,29,30,36)/t7-,10-,11-,12+,17-,18-,21+/m1/s1. The van der Waals surface area contributed by atoms with Crippen molar-refractivity contribution in [3.8, 4) is 0 Å². The van der Waals surface area contributed by atoms with E-state index in [1.54, 1.807) is 0 Å². The maximum Gasteiger partial charge on any atom is 0.472 e. The number of aromatic nitrogens is 8. The number of H-pyrrole nitrogens is 1. The molecule has 0 saturated carbocycles. The summed E-state index contributed by atoms with van der Waals surface area (Å²) in [6, 6.07) is 0. The van der Waals surface area contributed by atoms with Gasteiger partial charge < -0.3 is 52.0 Å². The van der Waals surface area contributed by atoms with Crippen LogP contribution in [0.25, 0.3) is 22.3 Å². The van der Waals surface area contributed by atoms with Gasteiger partial charge in [-0.25, -0.2) is 14.5 Å². The third-order valence-electron chi connectivity index (χ3n) is 7.29. The molecule has 1 unspecified atom stereocenters.